The lowest BCUT2D eigenvalue weighted by atomic mass is 9.92. The number of fused-ring (bicyclic) bond motifs is 1. The molecule has 0 atom stereocenters. The van der Waals surface area contributed by atoms with Crippen molar-refractivity contribution in [3.63, 3.8) is 0 Å². The number of carbonyl (C=O) groups is 1. The molecule has 5 nitrogen and oxygen atoms in total. The summed E-state index contributed by atoms with van der Waals surface area (Å²) < 4.78 is 33.2. The predicted molar refractivity (Wildman–Crippen MR) is 95.4 cm³/mol. The number of pyridine rings is 2. The Labute approximate surface area is 154 Å². The fraction of sp³-hybridized carbons (Fsp3) is 0.250. The van der Waals surface area contributed by atoms with Gasteiger partial charge in [-0.25, -0.2) is 13.8 Å². The number of anilines is 1. The smallest absolute Gasteiger partial charge is 0.262 e. The molecule has 0 saturated carbocycles. The van der Waals surface area contributed by atoms with Crippen LogP contribution in [0.25, 0.3) is 11.1 Å². The van der Waals surface area contributed by atoms with E-state index in [-0.39, 0.29) is 5.82 Å². The van der Waals surface area contributed by atoms with Crippen molar-refractivity contribution in [3.8, 4) is 11.1 Å². The van der Waals surface area contributed by atoms with Crippen molar-refractivity contribution < 1.29 is 18.0 Å². The Morgan fingerprint density at radius 3 is 2.56 bits per heavy atom. The van der Waals surface area contributed by atoms with Crippen LogP contribution in [0.3, 0.4) is 0 Å². The molecule has 0 fully saturated rings. The zero-order chi connectivity index (χ0) is 19.0. The Morgan fingerprint density at radius 2 is 1.85 bits per heavy atom. The molecule has 0 saturated heterocycles. The van der Waals surface area contributed by atoms with Crippen LogP contribution in [0.1, 0.15) is 40.3 Å². The maximum absolute atomic E-state index is 13.7. The summed E-state index contributed by atoms with van der Waals surface area (Å²) in [4.78, 5) is 19.7. The molecule has 7 heteroatoms. The highest BCUT2D eigenvalue weighted by atomic mass is 19.1. The number of halogens is 2. The van der Waals surface area contributed by atoms with E-state index in [1.165, 1.54) is 5.56 Å². The van der Waals surface area contributed by atoms with Crippen LogP contribution in [-0.2, 0) is 12.8 Å². The minimum atomic E-state index is -1.02. The van der Waals surface area contributed by atoms with E-state index in [9.17, 15) is 13.6 Å². The number of aromatic nitrogens is 2. The van der Waals surface area contributed by atoms with Crippen LogP contribution in [0.2, 0.25) is 0 Å². The quantitative estimate of drug-likeness (QED) is 0.740. The Bertz CT molecular complexity index is 993. The second-order valence-corrected chi connectivity index (χ2v) is 6.51. The van der Waals surface area contributed by atoms with E-state index < -0.39 is 23.1 Å². The molecular formula is C20H17F2N3O2. The molecule has 1 amide bonds. The molecule has 0 bridgehead atoms. The summed E-state index contributed by atoms with van der Waals surface area (Å²) in [5, 5.41) is 2.41. The van der Waals surface area contributed by atoms with Gasteiger partial charge < -0.3 is 9.73 Å². The largest absolute Gasteiger partial charge is 0.465 e. The second kappa shape index (κ2) is 6.90. The zero-order valence-electron chi connectivity index (χ0n) is 14.7. The molecule has 3 heterocycles. The standard InChI is InChI=1S/C20H17F2N3O2/c1-11-18(13-4-2-3-5-16(13)27-11)12-6-7-17(24-8-12)25-20(26)19-14(21)9-23-10-15(19)22/h6-10H,2-5H2,1H3,(H,24,25,26). The number of amides is 1. The molecule has 3 aromatic heterocycles. The highest BCUT2D eigenvalue weighted by Crippen LogP contribution is 2.36. The van der Waals surface area contributed by atoms with Crippen LogP contribution in [0.4, 0.5) is 14.6 Å². The SMILES string of the molecule is Cc1oc2c(c1-c1ccc(NC(=O)c3c(F)cncc3F)nc1)CCCC2. The molecule has 1 aliphatic rings. The highest BCUT2D eigenvalue weighted by Gasteiger charge is 2.22. The monoisotopic (exact) mass is 369 g/mol. The fourth-order valence-corrected chi connectivity index (χ4v) is 3.50. The summed E-state index contributed by atoms with van der Waals surface area (Å²) in [7, 11) is 0. The first-order valence-corrected chi connectivity index (χ1v) is 8.72. The van der Waals surface area contributed by atoms with Gasteiger partial charge in [0.15, 0.2) is 11.6 Å². The number of nitrogens with one attached hydrogen (secondary N) is 1. The lowest BCUT2D eigenvalue weighted by Crippen LogP contribution is -2.17. The van der Waals surface area contributed by atoms with Crippen LogP contribution in [0.15, 0.2) is 35.1 Å². The van der Waals surface area contributed by atoms with E-state index in [2.05, 4.69) is 15.3 Å². The van der Waals surface area contributed by atoms with Crippen LogP contribution < -0.4 is 5.32 Å². The minimum Gasteiger partial charge on any atom is -0.465 e. The average Bonchev–Trinajstić information content (AvgIpc) is 2.98. The summed E-state index contributed by atoms with van der Waals surface area (Å²) in [5.41, 5.74) is 2.47. The van der Waals surface area contributed by atoms with Crippen molar-refractivity contribution in [1.82, 2.24) is 9.97 Å². The van der Waals surface area contributed by atoms with E-state index in [4.69, 9.17) is 4.42 Å². The Kier molecular flexibility index (Phi) is 4.43. The predicted octanol–water partition coefficient (Wildman–Crippen LogP) is 4.45. The van der Waals surface area contributed by atoms with Crippen LogP contribution in [0.5, 0.6) is 0 Å². The average molecular weight is 369 g/mol. The molecule has 0 aromatic carbocycles. The van der Waals surface area contributed by atoms with Gasteiger partial charge >= 0.3 is 0 Å². The molecule has 0 spiro atoms. The molecule has 0 radical (unpaired) electrons. The van der Waals surface area contributed by atoms with E-state index in [0.29, 0.717) is 0 Å². The number of furan rings is 1. The van der Waals surface area contributed by atoms with Gasteiger partial charge in [0.2, 0.25) is 0 Å². The summed E-state index contributed by atoms with van der Waals surface area (Å²) in [5.74, 6) is -0.871. The second-order valence-electron chi connectivity index (χ2n) is 6.51. The number of rotatable bonds is 3. The number of hydrogen-bond acceptors (Lipinski definition) is 4. The fourth-order valence-electron chi connectivity index (χ4n) is 3.50. The number of hydrogen-bond donors (Lipinski definition) is 1. The van der Waals surface area contributed by atoms with Gasteiger partial charge in [0, 0.05) is 29.3 Å². The molecule has 3 aromatic rings. The summed E-state index contributed by atoms with van der Waals surface area (Å²) in [6.45, 7) is 1.93. The van der Waals surface area contributed by atoms with Gasteiger partial charge in [-0.1, -0.05) is 0 Å². The number of aryl methyl sites for hydroxylation is 2. The van der Waals surface area contributed by atoms with Gasteiger partial charge in [-0.2, -0.15) is 0 Å². The van der Waals surface area contributed by atoms with Crippen LogP contribution >= 0.6 is 0 Å². The van der Waals surface area contributed by atoms with Crippen molar-refractivity contribution in [1.29, 1.82) is 0 Å². The normalized spacial score (nSPS) is 13.3. The van der Waals surface area contributed by atoms with Gasteiger partial charge in [0.25, 0.3) is 5.91 Å². The third kappa shape index (κ3) is 3.20. The van der Waals surface area contributed by atoms with Gasteiger partial charge in [-0.05, 0) is 38.3 Å². The zero-order valence-corrected chi connectivity index (χ0v) is 14.7. The molecule has 27 heavy (non-hydrogen) atoms. The summed E-state index contributed by atoms with van der Waals surface area (Å²) in [6.07, 6.45) is 7.39. The first-order valence-electron chi connectivity index (χ1n) is 8.72. The van der Waals surface area contributed by atoms with E-state index in [1.54, 1.807) is 12.3 Å². The molecule has 4 rings (SSSR count). The Hall–Kier alpha value is -3.09. The number of nitrogens with zero attached hydrogens (tertiary/aromatic N) is 2. The third-order valence-electron chi connectivity index (χ3n) is 4.72. The van der Waals surface area contributed by atoms with Gasteiger partial charge in [-0.3, -0.25) is 9.78 Å². The maximum Gasteiger partial charge on any atom is 0.262 e. The van der Waals surface area contributed by atoms with Gasteiger partial charge in [0.1, 0.15) is 22.9 Å². The van der Waals surface area contributed by atoms with Gasteiger partial charge in [0.05, 0.1) is 12.4 Å². The van der Waals surface area contributed by atoms with Crippen LogP contribution in [-0.4, -0.2) is 15.9 Å². The lowest BCUT2D eigenvalue weighted by molar-refractivity contribution is 0.101. The molecule has 0 aliphatic heterocycles. The van der Waals surface area contributed by atoms with Gasteiger partial charge in [-0.15, -0.1) is 0 Å². The highest BCUT2D eigenvalue weighted by molar-refractivity contribution is 6.04. The van der Waals surface area contributed by atoms with E-state index >= 15 is 0 Å². The van der Waals surface area contributed by atoms with E-state index in [0.717, 1.165) is 60.7 Å². The van der Waals surface area contributed by atoms with Crippen molar-refractivity contribution >= 4 is 11.7 Å². The molecule has 0 unspecified atom stereocenters. The van der Waals surface area contributed by atoms with Crippen molar-refractivity contribution in [3.05, 3.63) is 65.0 Å². The van der Waals surface area contributed by atoms with Crippen molar-refractivity contribution in [2.24, 2.45) is 0 Å². The number of carbonyl (C=O) groups excluding carboxylic acids is 1. The minimum absolute atomic E-state index is 0.203. The summed E-state index contributed by atoms with van der Waals surface area (Å²) in [6, 6.07) is 3.42. The Balaban J connectivity index is 1.59. The summed E-state index contributed by atoms with van der Waals surface area (Å²) >= 11 is 0. The Morgan fingerprint density at radius 1 is 1.11 bits per heavy atom. The van der Waals surface area contributed by atoms with Crippen molar-refractivity contribution in [2.75, 3.05) is 5.32 Å². The third-order valence-corrected chi connectivity index (χ3v) is 4.72. The maximum atomic E-state index is 13.7. The van der Waals surface area contributed by atoms with Crippen molar-refractivity contribution in [2.45, 2.75) is 32.6 Å². The van der Waals surface area contributed by atoms with E-state index in [1.807, 2.05) is 13.0 Å². The molecular weight excluding hydrogens is 352 g/mol. The first kappa shape index (κ1) is 17.3. The molecule has 1 aliphatic carbocycles. The molecule has 1 N–H and O–H groups in total. The first-order chi connectivity index (χ1) is 13.0. The lowest BCUT2D eigenvalue weighted by Gasteiger charge is -2.11. The molecule has 138 valence electrons. The van der Waals surface area contributed by atoms with Crippen LogP contribution in [0, 0.1) is 18.6 Å². The topological polar surface area (TPSA) is 68.0 Å².